The summed E-state index contributed by atoms with van der Waals surface area (Å²) in [6.45, 7) is 0.784. The van der Waals surface area contributed by atoms with E-state index in [1.807, 2.05) is 42.5 Å². The molecule has 4 rings (SSSR count). The highest BCUT2D eigenvalue weighted by molar-refractivity contribution is 5.94. The van der Waals surface area contributed by atoms with Crippen LogP contribution < -0.4 is 10.1 Å². The molecule has 6 heteroatoms. The number of imidazole rings is 1. The number of aromatic nitrogens is 2. The van der Waals surface area contributed by atoms with E-state index in [1.54, 1.807) is 7.11 Å². The summed E-state index contributed by atoms with van der Waals surface area (Å²) >= 11 is 0. The molecule has 0 aliphatic carbocycles. The van der Waals surface area contributed by atoms with Gasteiger partial charge < -0.3 is 19.8 Å². The summed E-state index contributed by atoms with van der Waals surface area (Å²) in [5.74, 6) is 1.48. The van der Waals surface area contributed by atoms with Crippen molar-refractivity contribution >= 4 is 22.6 Å². The van der Waals surface area contributed by atoms with Gasteiger partial charge in [0.1, 0.15) is 17.7 Å². The number of fused-ring (bicyclic) bond motifs is 1. The molecule has 0 saturated carbocycles. The number of para-hydroxylation sites is 1. The van der Waals surface area contributed by atoms with Crippen molar-refractivity contribution in [2.24, 2.45) is 0 Å². The summed E-state index contributed by atoms with van der Waals surface area (Å²) in [5.41, 5.74) is 3.36. The molecule has 1 fully saturated rings. The van der Waals surface area contributed by atoms with E-state index in [9.17, 15) is 4.79 Å². The minimum absolute atomic E-state index is 0.0472. The number of carbonyl (C=O) groups is 1. The first-order chi connectivity index (χ1) is 12.7. The summed E-state index contributed by atoms with van der Waals surface area (Å²) < 4.78 is 11.0. The molecule has 1 amide bonds. The molecular weight excluding hydrogens is 330 g/mol. The van der Waals surface area contributed by atoms with E-state index in [0.29, 0.717) is 5.75 Å². The largest absolute Gasteiger partial charge is 0.496 e. The van der Waals surface area contributed by atoms with Crippen LogP contribution in [0.15, 0.2) is 42.5 Å². The molecule has 6 nitrogen and oxygen atoms in total. The Morgan fingerprint density at radius 1 is 1.35 bits per heavy atom. The van der Waals surface area contributed by atoms with Crippen molar-refractivity contribution in [3.63, 3.8) is 0 Å². The third-order valence-corrected chi connectivity index (χ3v) is 4.56. The smallest absolute Gasteiger partial charge is 0.228 e. The first-order valence-corrected chi connectivity index (χ1v) is 8.76. The van der Waals surface area contributed by atoms with E-state index in [1.165, 1.54) is 0 Å². The standard InChI is InChI=1S/C20H21N3O3/c1-25-17-6-3-2-5-13(17)11-19(24)21-14-8-9-15-16(12-14)23-20(22-15)18-7-4-10-26-18/h2-3,5-6,8-9,12,18H,4,7,10-11H2,1H3,(H,21,24)(H,22,23)/t18-/m0/s1. The van der Waals surface area contributed by atoms with Gasteiger partial charge in [-0.1, -0.05) is 18.2 Å². The first-order valence-electron chi connectivity index (χ1n) is 8.76. The normalized spacial score (nSPS) is 16.7. The average molecular weight is 351 g/mol. The molecule has 1 aliphatic heterocycles. The molecule has 2 N–H and O–H groups in total. The topological polar surface area (TPSA) is 76.2 Å². The van der Waals surface area contributed by atoms with Crippen LogP contribution in [0.2, 0.25) is 0 Å². The average Bonchev–Trinajstić information content (AvgIpc) is 3.31. The lowest BCUT2D eigenvalue weighted by Crippen LogP contribution is -2.14. The minimum Gasteiger partial charge on any atom is -0.496 e. The highest BCUT2D eigenvalue weighted by Crippen LogP contribution is 2.28. The van der Waals surface area contributed by atoms with Gasteiger partial charge in [-0.15, -0.1) is 0 Å². The number of carbonyl (C=O) groups excluding carboxylic acids is 1. The predicted molar refractivity (Wildman–Crippen MR) is 99.3 cm³/mol. The predicted octanol–water partition coefficient (Wildman–Crippen LogP) is 3.60. The van der Waals surface area contributed by atoms with Crippen LogP contribution in [0.25, 0.3) is 11.0 Å². The van der Waals surface area contributed by atoms with Crippen LogP contribution in [-0.4, -0.2) is 29.6 Å². The van der Waals surface area contributed by atoms with Crippen molar-refractivity contribution in [1.29, 1.82) is 0 Å². The number of rotatable bonds is 5. The minimum atomic E-state index is -0.0901. The maximum atomic E-state index is 12.4. The Hall–Kier alpha value is -2.86. The maximum absolute atomic E-state index is 12.4. The fourth-order valence-corrected chi connectivity index (χ4v) is 3.28. The fourth-order valence-electron chi connectivity index (χ4n) is 3.28. The lowest BCUT2D eigenvalue weighted by Gasteiger charge is -2.09. The number of hydrogen-bond acceptors (Lipinski definition) is 4. The van der Waals surface area contributed by atoms with E-state index in [4.69, 9.17) is 9.47 Å². The van der Waals surface area contributed by atoms with Gasteiger partial charge in [-0.05, 0) is 37.1 Å². The van der Waals surface area contributed by atoms with E-state index in [-0.39, 0.29) is 18.4 Å². The van der Waals surface area contributed by atoms with Crippen LogP contribution in [0.1, 0.15) is 30.3 Å². The number of nitrogens with one attached hydrogen (secondary N) is 2. The number of aromatic amines is 1. The molecule has 0 unspecified atom stereocenters. The lowest BCUT2D eigenvalue weighted by molar-refractivity contribution is -0.115. The third kappa shape index (κ3) is 3.41. The number of H-pyrrole nitrogens is 1. The van der Waals surface area contributed by atoms with Gasteiger partial charge in [-0.2, -0.15) is 0 Å². The molecule has 2 aromatic carbocycles. The van der Waals surface area contributed by atoms with Crippen molar-refractivity contribution in [3.8, 4) is 5.75 Å². The Kier molecular flexibility index (Phi) is 4.58. The summed E-state index contributed by atoms with van der Waals surface area (Å²) in [7, 11) is 1.61. The Morgan fingerprint density at radius 2 is 2.23 bits per heavy atom. The number of anilines is 1. The van der Waals surface area contributed by atoms with Gasteiger partial charge in [-0.25, -0.2) is 4.98 Å². The monoisotopic (exact) mass is 351 g/mol. The maximum Gasteiger partial charge on any atom is 0.228 e. The van der Waals surface area contributed by atoms with Crippen LogP contribution >= 0.6 is 0 Å². The zero-order valence-corrected chi connectivity index (χ0v) is 14.6. The van der Waals surface area contributed by atoms with E-state index < -0.39 is 0 Å². The van der Waals surface area contributed by atoms with Gasteiger partial charge in [-0.3, -0.25) is 4.79 Å². The van der Waals surface area contributed by atoms with Crippen molar-refractivity contribution in [2.75, 3.05) is 19.0 Å². The zero-order chi connectivity index (χ0) is 17.9. The Morgan fingerprint density at radius 3 is 3.04 bits per heavy atom. The first kappa shape index (κ1) is 16.6. The van der Waals surface area contributed by atoms with E-state index in [2.05, 4.69) is 15.3 Å². The van der Waals surface area contributed by atoms with Crippen molar-refractivity contribution in [1.82, 2.24) is 9.97 Å². The Balaban J connectivity index is 1.48. The molecule has 1 aliphatic rings. The molecule has 0 radical (unpaired) electrons. The Labute approximate surface area is 151 Å². The highest BCUT2D eigenvalue weighted by atomic mass is 16.5. The number of amides is 1. The summed E-state index contributed by atoms with van der Waals surface area (Å²) in [4.78, 5) is 20.3. The van der Waals surface area contributed by atoms with Gasteiger partial charge in [0, 0.05) is 17.9 Å². The SMILES string of the molecule is COc1ccccc1CC(=O)Nc1ccc2nc([C@@H]3CCCO3)[nH]c2c1. The molecule has 1 saturated heterocycles. The Bertz CT molecular complexity index is 929. The van der Waals surface area contributed by atoms with Crippen LogP contribution in [0.5, 0.6) is 5.75 Å². The van der Waals surface area contributed by atoms with Crippen molar-refractivity contribution in [2.45, 2.75) is 25.4 Å². The van der Waals surface area contributed by atoms with E-state index in [0.717, 1.165) is 47.6 Å². The third-order valence-electron chi connectivity index (χ3n) is 4.56. The molecule has 1 atom stereocenters. The molecule has 2 heterocycles. The molecule has 0 spiro atoms. The van der Waals surface area contributed by atoms with Gasteiger partial charge >= 0.3 is 0 Å². The van der Waals surface area contributed by atoms with E-state index >= 15 is 0 Å². The summed E-state index contributed by atoms with van der Waals surface area (Å²) in [6.07, 6.45) is 2.35. The summed E-state index contributed by atoms with van der Waals surface area (Å²) in [5, 5.41) is 2.94. The molecular formula is C20H21N3O3. The van der Waals surface area contributed by atoms with Gasteiger partial charge in [0.25, 0.3) is 0 Å². The number of methoxy groups -OCH3 is 1. The molecule has 3 aromatic rings. The van der Waals surface area contributed by atoms with Gasteiger partial charge in [0.2, 0.25) is 5.91 Å². The van der Waals surface area contributed by atoms with Gasteiger partial charge in [0.15, 0.2) is 0 Å². The second kappa shape index (κ2) is 7.17. The molecule has 134 valence electrons. The number of ether oxygens (including phenoxy) is 2. The molecule has 0 bridgehead atoms. The molecule has 26 heavy (non-hydrogen) atoms. The molecule has 1 aromatic heterocycles. The van der Waals surface area contributed by atoms with Crippen LogP contribution in [-0.2, 0) is 16.0 Å². The highest BCUT2D eigenvalue weighted by Gasteiger charge is 2.21. The number of hydrogen-bond donors (Lipinski definition) is 2. The van der Waals surface area contributed by atoms with Crippen LogP contribution in [0, 0.1) is 0 Å². The van der Waals surface area contributed by atoms with Crippen LogP contribution in [0.4, 0.5) is 5.69 Å². The number of nitrogens with zero attached hydrogens (tertiary/aromatic N) is 1. The van der Waals surface area contributed by atoms with Crippen molar-refractivity contribution < 1.29 is 14.3 Å². The number of benzene rings is 2. The second-order valence-corrected chi connectivity index (χ2v) is 6.39. The summed E-state index contributed by atoms with van der Waals surface area (Å²) in [6, 6.07) is 13.2. The van der Waals surface area contributed by atoms with Gasteiger partial charge in [0.05, 0.1) is 24.6 Å². The second-order valence-electron chi connectivity index (χ2n) is 6.39. The lowest BCUT2D eigenvalue weighted by atomic mass is 10.1. The zero-order valence-electron chi connectivity index (χ0n) is 14.6. The quantitative estimate of drug-likeness (QED) is 0.736. The van der Waals surface area contributed by atoms with Crippen LogP contribution in [0.3, 0.4) is 0 Å². The van der Waals surface area contributed by atoms with Crippen molar-refractivity contribution in [3.05, 3.63) is 53.9 Å². The fraction of sp³-hybridized carbons (Fsp3) is 0.300.